The van der Waals surface area contributed by atoms with Crippen LogP contribution in [-0.4, -0.2) is 21.0 Å². The standard InChI is InChI=1S/C25H29N3OS/c1-17-9-8-12-20-15-21(24(29)27-23(17)20)16-28(22-13-6-7-14-22)25(30)26-18(2)19-10-4-3-5-11-19/h3-5,8-12,15,18,22H,6-7,13-14,16H2,1-2H3,(H,26,30)(H,27,29). The van der Waals surface area contributed by atoms with E-state index >= 15 is 0 Å². The molecule has 0 saturated heterocycles. The second-order valence-electron chi connectivity index (χ2n) is 8.31. The second kappa shape index (κ2) is 9.00. The maximum Gasteiger partial charge on any atom is 0.253 e. The van der Waals surface area contributed by atoms with Gasteiger partial charge < -0.3 is 15.2 Å². The Morgan fingerprint density at radius 3 is 2.63 bits per heavy atom. The monoisotopic (exact) mass is 419 g/mol. The van der Waals surface area contributed by atoms with Gasteiger partial charge in [-0.25, -0.2) is 0 Å². The summed E-state index contributed by atoms with van der Waals surface area (Å²) in [6, 6.07) is 18.9. The molecule has 0 spiro atoms. The fraction of sp³-hybridized carbons (Fsp3) is 0.360. The van der Waals surface area contributed by atoms with E-state index in [-0.39, 0.29) is 11.6 Å². The second-order valence-corrected chi connectivity index (χ2v) is 8.70. The van der Waals surface area contributed by atoms with E-state index in [1.807, 2.05) is 43.3 Å². The lowest BCUT2D eigenvalue weighted by molar-refractivity contribution is 0.300. The van der Waals surface area contributed by atoms with E-state index in [0.717, 1.165) is 40.0 Å². The van der Waals surface area contributed by atoms with E-state index in [9.17, 15) is 4.79 Å². The lowest BCUT2D eigenvalue weighted by Gasteiger charge is -2.33. The third-order valence-electron chi connectivity index (χ3n) is 6.17. The van der Waals surface area contributed by atoms with Crippen molar-refractivity contribution < 1.29 is 0 Å². The molecule has 0 amide bonds. The van der Waals surface area contributed by atoms with Crippen molar-refractivity contribution in [2.75, 3.05) is 0 Å². The van der Waals surface area contributed by atoms with Crippen molar-refractivity contribution >= 4 is 28.2 Å². The molecule has 4 nitrogen and oxygen atoms in total. The van der Waals surface area contributed by atoms with Gasteiger partial charge in [0.15, 0.2) is 5.11 Å². The number of para-hydroxylation sites is 1. The van der Waals surface area contributed by atoms with Gasteiger partial charge in [-0.1, -0.05) is 61.4 Å². The van der Waals surface area contributed by atoms with Crippen LogP contribution >= 0.6 is 12.2 Å². The number of benzene rings is 2. The summed E-state index contributed by atoms with van der Waals surface area (Å²) in [7, 11) is 0. The zero-order chi connectivity index (χ0) is 21.1. The Kier molecular flexibility index (Phi) is 6.18. The average molecular weight is 420 g/mol. The molecule has 1 unspecified atom stereocenters. The first-order valence-corrected chi connectivity index (χ1v) is 11.2. The van der Waals surface area contributed by atoms with Gasteiger partial charge in [0.1, 0.15) is 0 Å². The third-order valence-corrected chi connectivity index (χ3v) is 6.52. The van der Waals surface area contributed by atoms with Crippen molar-refractivity contribution in [2.45, 2.75) is 58.2 Å². The molecule has 1 fully saturated rings. The summed E-state index contributed by atoms with van der Waals surface area (Å²) in [5, 5.41) is 5.29. The van der Waals surface area contributed by atoms with Crippen LogP contribution < -0.4 is 10.9 Å². The van der Waals surface area contributed by atoms with Crippen LogP contribution in [0.2, 0.25) is 0 Å². The highest BCUT2D eigenvalue weighted by Crippen LogP contribution is 2.26. The molecule has 1 aliphatic carbocycles. The zero-order valence-electron chi connectivity index (χ0n) is 17.7. The molecule has 4 rings (SSSR count). The van der Waals surface area contributed by atoms with Gasteiger partial charge >= 0.3 is 0 Å². The minimum absolute atomic E-state index is 0.0290. The molecule has 2 aromatic carbocycles. The van der Waals surface area contributed by atoms with Crippen LogP contribution in [-0.2, 0) is 6.54 Å². The summed E-state index contributed by atoms with van der Waals surface area (Å²) in [4.78, 5) is 18.2. The molecule has 2 N–H and O–H groups in total. The Morgan fingerprint density at radius 1 is 1.17 bits per heavy atom. The highest BCUT2D eigenvalue weighted by Gasteiger charge is 2.26. The number of nitrogens with zero attached hydrogens (tertiary/aromatic N) is 1. The number of pyridine rings is 1. The van der Waals surface area contributed by atoms with Crippen LogP contribution in [0.3, 0.4) is 0 Å². The fourth-order valence-electron chi connectivity index (χ4n) is 4.41. The molecule has 1 saturated carbocycles. The average Bonchev–Trinajstić information content (AvgIpc) is 3.28. The quantitative estimate of drug-likeness (QED) is 0.557. The third kappa shape index (κ3) is 4.41. The number of aromatic nitrogens is 1. The Labute approximate surface area is 183 Å². The number of H-pyrrole nitrogens is 1. The predicted octanol–water partition coefficient (Wildman–Crippen LogP) is 5.22. The summed E-state index contributed by atoms with van der Waals surface area (Å²) in [6.07, 6.45) is 4.66. The largest absolute Gasteiger partial charge is 0.356 e. The smallest absolute Gasteiger partial charge is 0.253 e. The summed E-state index contributed by atoms with van der Waals surface area (Å²) in [6.45, 7) is 4.67. The van der Waals surface area contributed by atoms with Crippen LogP contribution in [0, 0.1) is 6.92 Å². The van der Waals surface area contributed by atoms with Crippen molar-refractivity contribution in [2.24, 2.45) is 0 Å². The number of fused-ring (bicyclic) bond motifs is 1. The highest BCUT2D eigenvalue weighted by molar-refractivity contribution is 7.80. The van der Waals surface area contributed by atoms with Crippen molar-refractivity contribution in [3.8, 4) is 0 Å². The van der Waals surface area contributed by atoms with Crippen LogP contribution in [0.5, 0.6) is 0 Å². The maximum atomic E-state index is 12.9. The van der Waals surface area contributed by atoms with E-state index < -0.39 is 0 Å². The van der Waals surface area contributed by atoms with E-state index in [1.165, 1.54) is 18.4 Å². The highest BCUT2D eigenvalue weighted by atomic mass is 32.1. The zero-order valence-corrected chi connectivity index (χ0v) is 18.5. The SMILES string of the molecule is Cc1cccc2cc(CN(C(=S)NC(C)c3ccccc3)C3CCCC3)c(=O)[nH]c12. The number of aryl methyl sites for hydroxylation is 1. The summed E-state index contributed by atoms with van der Waals surface area (Å²) in [5.41, 5.74) is 3.93. The van der Waals surface area contributed by atoms with Crippen LogP contribution in [0.25, 0.3) is 10.9 Å². The Balaban J connectivity index is 1.60. The van der Waals surface area contributed by atoms with E-state index in [1.54, 1.807) is 0 Å². The number of hydrogen-bond donors (Lipinski definition) is 2. The first-order valence-electron chi connectivity index (χ1n) is 10.8. The number of thiocarbonyl (C=S) groups is 1. The van der Waals surface area contributed by atoms with E-state index in [4.69, 9.17) is 12.2 Å². The molecule has 30 heavy (non-hydrogen) atoms. The number of aromatic amines is 1. The lowest BCUT2D eigenvalue weighted by Crippen LogP contribution is -2.46. The van der Waals surface area contributed by atoms with Crippen molar-refractivity contribution in [1.29, 1.82) is 0 Å². The number of hydrogen-bond acceptors (Lipinski definition) is 2. The van der Waals surface area contributed by atoms with Crippen LogP contribution in [0.1, 0.15) is 55.3 Å². The maximum absolute atomic E-state index is 12.9. The van der Waals surface area contributed by atoms with Gasteiger partial charge in [0.05, 0.1) is 18.1 Å². The molecule has 3 aromatic rings. The van der Waals surface area contributed by atoms with E-state index in [2.05, 4.69) is 40.3 Å². The lowest BCUT2D eigenvalue weighted by atomic mass is 10.1. The van der Waals surface area contributed by atoms with Gasteiger partial charge in [-0.05, 0) is 61.5 Å². The molecule has 1 atom stereocenters. The Hall–Kier alpha value is -2.66. The molecular weight excluding hydrogens is 390 g/mol. The normalized spacial score (nSPS) is 15.3. The topological polar surface area (TPSA) is 48.1 Å². The van der Waals surface area contributed by atoms with Crippen molar-refractivity contribution in [3.63, 3.8) is 0 Å². The number of nitrogens with one attached hydrogen (secondary N) is 2. The van der Waals surface area contributed by atoms with Crippen molar-refractivity contribution in [3.05, 3.63) is 81.6 Å². The van der Waals surface area contributed by atoms with Crippen molar-refractivity contribution in [1.82, 2.24) is 15.2 Å². The molecule has 1 aliphatic rings. The molecule has 0 bridgehead atoms. The number of rotatable bonds is 5. The Bertz CT molecular complexity index is 1090. The Morgan fingerprint density at radius 2 is 1.90 bits per heavy atom. The van der Waals surface area contributed by atoms with Gasteiger partial charge in [-0.2, -0.15) is 0 Å². The minimum atomic E-state index is -0.0290. The molecular formula is C25H29N3OS. The first-order chi connectivity index (χ1) is 14.5. The van der Waals surface area contributed by atoms with Gasteiger partial charge in [-0.3, -0.25) is 4.79 Å². The summed E-state index contributed by atoms with van der Waals surface area (Å²) >= 11 is 5.85. The fourth-order valence-corrected chi connectivity index (χ4v) is 4.80. The van der Waals surface area contributed by atoms with Crippen LogP contribution in [0.15, 0.2) is 59.4 Å². The van der Waals surface area contributed by atoms with Gasteiger partial charge in [-0.15, -0.1) is 0 Å². The van der Waals surface area contributed by atoms with Gasteiger partial charge in [0, 0.05) is 11.6 Å². The van der Waals surface area contributed by atoms with Crippen LogP contribution in [0.4, 0.5) is 0 Å². The molecule has 1 heterocycles. The minimum Gasteiger partial charge on any atom is -0.356 e. The first kappa shape index (κ1) is 20.6. The predicted molar refractivity (Wildman–Crippen MR) is 128 cm³/mol. The molecule has 156 valence electrons. The molecule has 5 heteroatoms. The molecule has 0 aliphatic heterocycles. The summed E-state index contributed by atoms with van der Waals surface area (Å²) < 4.78 is 0. The summed E-state index contributed by atoms with van der Waals surface area (Å²) in [5.74, 6) is 0. The molecule has 1 aromatic heterocycles. The van der Waals surface area contributed by atoms with Gasteiger partial charge in [0.2, 0.25) is 0 Å². The van der Waals surface area contributed by atoms with Gasteiger partial charge in [0.25, 0.3) is 5.56 Å². The van der Waals surface area contributed by atoms with E-state index in [0.29, 0.717) is 12.6 Å². The molecule has 0 radical (unpaired) electrons.